The van der Waals surface area contributed by atoms with Gasteiger partial charge in [-0.3, -0.25) is 9.69 Å². The minimum Gasteiger partial charge on any atom is -0.384 e. The first kappa shape index (κ1) is 15.9. The van der Waals surface area contributed by atoms with Crippen molar-refractivity contribution in [1.82, 2.24) is 10.2 Å². The first-order valence-electron chi connectivity index (χ1n) is 7.16. The highest BCUT2D eigenvalue weighted by Gasteiger charge is 2.43. The minimum atomic E-state index is -0.487. The summed E-state index contributed by atoms with van der Waals surface area (Å²) >= 11 is 0. The lowest BCUT2D eigenvalue weighted by Crippen LogP contribution is -2.40. The summed E-state index contributed by atoms with van der Waals surface area (Å²) in [7, 11) is 5.31. The van der Waals surface area contributed by atoms with Crippen molar-refractivity contribution in [2.24, 2.45) is 5.41 Å². The van der Waals surface area contributed by atoms with Crippen molar-refractivity contribution in [3.63, 3.8) is 0 Å². The monoisotopic (exact) mass is 294 g/mol. The van der Waals surface area contributed by atoms with Gasteiger partial charge in [-0.15, -0.1) is 0 Å². The van der Waals surface area contributed by atoms with Crippen LogP contribution >= 0.6 is 0 Å². The molecule has 1 aliphatic carbocycles. The number of ether oxygens (including phenoxy) is 1. The van der Waals surface area contributed by atoms with E-state index in [-0.39, 0.29) is 17.1 Å². The molecule has 1 aromatic carbocycles. The molecule has 21 heavy (non-hydrogen) atoms. The Bertz CT molecular complexity index is 501. The zero-order chi connectivity index (χ0) is 15.5. The van der Waals surface area contributed by atoms with Gasteiger partial charge in [0.1, 0.15) is 11.9 Å². The fourth-order valence-electron chi connectivity index (χ4n) is 2.59. The normalized spacial score (nSPS) is 17.6. The molecular weight excluding hydrogens is 271 g/mol. The number of amides is 1. The van der Waals surface area contributed by atoms with Crippen LogP contribution in [0.5, 0.6) is 0 Å². The van der Waals surface area contributed by atoms with Crippen LogP contribution in [0, 0.1) is 11.2 Å². The number of carbonyl (C=O) groups is 1. The molecule has 1 N–H and O–H groups in total. The minimum absolute atomic E-state index is 0.100. The summed E-state index contributed by atoms with van der Waals surface area (Å²) in [5, 5.41) is 2.99. The number of likely N-dealkylation sites (N-methyl/N-ethyl adjacent to an activating group) is 1. The summed E-state index contributed by atoms with van der Waals surface area (Å²) in [5.41, 5.74) is 0.762. The molecule has 0 spiro atoms. The molecule has 0 bridgehead atoms. The average molecular weight is 294 g/mol. The molecule has 1 amide bonds. The van der Waals surface area contributed by atoms with Gasteiger partial charge < -0.3 is 10.1 Å². The second-order valence-electron chi connectivity index (χ2n) is 6.07. The Morgan fingerprint density at radius 2 is 2.19 bits per heavy atom. The SMILES string of the molecule is COCC1(CNC(=O)[C@@H](c2cccc(F)c2)N(C)C)CC1. The predicted octanol–water partition coefficient (Wildman–Crippen LogP) is 1.97. The van der Waals surface area contributed by atoms with Crippen molar-refractivity contribution in [2.45, 2.75) is 18.9 Å². The van der Waals surface area contributed by atoms with Crippen LogP contribution in [0.2, 0.25) is 0 Å². The molecule has 2 rings (SSSR count). The van der Waals surface area contributed by atoms with Crippen molar-refractivity contribution < 1.29 is 13.9 Å². The zero-order valence-corrected chi connectivity index (χ0v) is 12.9. The fraction of sp³-hybridized carbons (Fsp3) is 0.562. The van der Waals surface area contributed by atoms with E-state index in [1.807, 2.05) is 14.1 Å². The van der Waals surface area contributed by atoms with E-state index < -0.39 is 6.04 Å². The summed E-state index contributed by atoms with van der Waals surface area (Å²) in [6, 6.07) is 5.70. The van der Waals surface area contributed by atoms with Crippen LogP contribution in [0.3, 0.4) is 0 Å². The summed E-state index contributed by atoms with van der Waals surface area (Å²) in [6.45, 7) is 1.28. The predicted molar refractivity (Wildman–Crippen MR) is 79.4 cm³/mol. The van der Waals surface area contributed by atoms with Crippen LogP contribution in [0.15, 0.2) is 24.3 Å². The summed E-state index contributed by atoms with van der Waals surface area (Å²) in [6.07, 6.45) is 2.15. The summed E-state index contributed by atoms with van der Waals surface area (Å²) in [4.78, 5) is 14.3. The number of nitrogens with one attached hydrogen (secondary N) is 1. The molecule has 0 radical (unpaired) electrons. The van der Waals surface area contributed by atoms with Gasteiger partial charge in [0, 0.05) is 19.1 Å². The third kappa shape index (κ3) is 4.02. The smallest absolute Gasteiger partial charge is 0.241 e. The average Bonchev–Trinajstić information content (AvgIpc) is 3.17. The van der Waals surface area contributed by atoms with Gasteiger partial charge in [-0.25, -0.2) is 4.39 Å². The van der Waals surface area contributed by atoms with Crippen molar-refractivity contribution in [2.75, 3.05) is 34.4 Å². The molecule has 116 valence electrons. The maximum absolute atomic E-state index is 13.4. The van der Waals surface area contributed by atoms with Crippen LogP contribution < -0.4 is 5.32 Å². The van der Waals surface area contributed by atoms with E-state index in [2.05, 4.69) is 5.32 Å². The topological polar surface area (TPSA) is 41.6 Å². The Kier molecular flexibility index (Phi) is 4.96. The lowest BCUT2D eigenvalue weighted by molar-refractivity contribution is -0.126. The van der Waals surface area contributed by atoms with Crippen molar-refractivity contribution >= 4 is 5.91 Å². The molecule has 1 aliphatic rings. The van der Waals surface area contributed by atoms with E-state index in [1.54, 1.807) is 24.1 Å². The quantitative estimate of drug-likeness (QED) is 0.836. The number of carbonyl (C=O) groups excluding carboxylic acids is 1. The van der Waals surface area contributed by atoms with Crippen LogP contribution in [0.1, 0.15) is 24.4 Å². The summed E-state index contributed by atoms with van der Waals surface area (Å²) < 4.78 is 18.6. The molecule has 0 aromatic heterocycles. The first-order valence-corrected chi connectivity index (χ1v) is 7.16. The van der Waals surface area contributed by atoms with Crippen molar-refractivity contribution in [3.05, 3.63) is 35.6 Å². The van der Waals surface area contributed by atoms with Gasteiger partial charge in [0.2, 0.25) is 5.91 Å². The van der Waals surface area contributed by atoms with E-state index >= 15 is 0 Å². The Morgan fingerprint density at radius 1 is 1.48 bits per heavy atom. The van der Waals surface area contributed by atoms with E-state index in [4.69, 9.17) is 4.74 Å². The zero-order valence-electron chi connectivity index (χ0n) is 12.9. The molecular formula is C16H23FN2O2. The van der Waals surface area contributed by atoms with Crippen LogP contribution in [-0.2, 0) is 9.53 Å². The number of rotatable bonds is 7. The molecule has 0 unspecified atom stereocenters. The molecule has 4 nitrogen and oxygen atoms in total. The van der Waals surface area contributed by atoms with E-state index in [9.17, 15) is 9.18 Å². The first-order chi connectivity index (χ1) is 9.97. The Labute approximate surface area is 125 Å². The second-order valence-corrected chi connectivity index (χ2v) is 6.07. The molecule has 1 saturated carbocycles. The molecule has 0 saturated heterocycles. The number of methoxy groups -OCH3 is 1. The van der Waals surface area contributed by atoms with E-state index in [1.165, 1.54) is 12.1 Å². The Balaban J connectivity index is 2.03. The lowest BCUT2D eigenvalue weighted by atomic mass is 10.0. The van der Waals surface area contributed by atoms with Gasteiger partial charge in [0.05, 0.1) is 6.61 Å². The fourth-order valence-corrected chi connectivity index (χ4v) is 2.59. The number of hydrogen-bond donors (Lipinski definition) is 1. The van der Waals surface area contributed by atoms with Gasteiger partial charge in [-0.05, 0) is 44.6 Å². The van der Waals surface area contributed by atoms with Gasteiger partial charge in [-0.2, -0.15) is 0 Å². The van der Waals surface area contributed by atoms with Gasteiger partial charge in [-0.1, -0.05) is 12.1 Å². The van der Waals surface area contributed by atoms with Crippen molar-refractivity contribution in [3.8, 4) is 0 Å². The third-order valence-corrected chi connectivity index (χ3v) is 3.97. The Hall–Kier alpha value is -1.46. The molecule has 5 heteroatoms. The highest BCUT2D eigenvalue weighted by molar-refractivity contribution is 5.83. The molecule has 1 aromatic rings. The van der Waals surface area contributed by atoms with Gasteiger partial charge in [0.25, 0.3) is 0 Å². The van der Waals surface area contributed by atoms with Crippen LogP contribution in [0.25, 0.3) is 0 Å². The van der Waals surface area contributed by atoms with Crippen LogP contribution in [-0.4, -0.2) is 45.2 Å². The van der Waals surface area contributed by atoms with Crippen LogP contribution in [0.4, 0.5) is 4.39 Å². The maximum Gasteiger partial charge on any atom is 0.241 e. The van der Waals surface area contributed by atoms with Gasteiger partial charge in [0.15, 0.2) is 0 Å². The molecule has 1 atom stereocenters. The second kappa shape index (κ2) is 6.54. The van der Waals surface area contributed by atoms with E-state index in [0.29, 0.717) is 18.7 Å². The standard InChI is InChI=1S/C16H23FN2O2/c1-19(2)14(12-5-4-6-13(17)9-12)15(20)18-10-16(7-8-16)11-21-3/h4-6,9,14H,7-8,10-11H2,1-3H3,(H,18,20)/t14-/m1/s1. The molecule has 0 heterocycles. The largest absolute Gasteiger partial charge is 0.384 e. The number of nitrogens with zero attached hydrogens (tertiary/aromatic N) is 1. The number of halogens is 1. The molecule has 1 fully saturated rings. The number of benzene rings is 1. The lowest BCUT2D eigenvalue weighted by Gasteiger charge is -2.25. The molecule has 0 aliphatic heterocycles. The summed E-state index contributed by atoms with van der Waals surface area (Å²) in [5.74, 6) is -0.432. The maximum atomic E-state index is 13.4. The van der Waals surface area contributed by atoms with Crippen molar-refractivity contribution in [1.29, 1.82) is 0 Å². The Morgan fingerprint density at radius 3 is 2.71 bits per heavy atom. The third-order valence-electron chi connectivity index (χ3n) is 3.97. The number of hydrogen-bond acceptors (Lipinski definition) is 3. The van der Waals surface area contributed by atoms with Gasteiger partial charge >= 0.3 is 0 Å². The van der Waals surface area contributed by atoms with E-state index in [0.717, 1.165) is 12.8 Å². The highest BCUT2D eigenvalue weighted by atomic mass is 19.1. The highest BCUT2D eigenvalue weighted by Crippen LogP contribution is 2.45.